The Morgan fingerprint density at radius 2 is 1.79 bits per heavy atom. The molecule has 0 aliphatic carbocycles. The normalized spacial score (nSPS) is 12.9. The highest BCUT2D eigenvalue weighted by atomic mass is 16.5. The maximum Gasteiger partial charge on any atom is 0.256 e. The van der Waals surface area contributed by atoms with Crippen molar-refractivity contribution in [2.75, 3.05) is 20.2 Å². The van der Waals surface area contributed by atoms with E-state index in [1.165, 1.54) is 13.3 Å². The summed E-state index contributed by atoms with van der Waals surface area (Å²) in [6.45, 7) is 2.33. The Kier molecular flexibility index (Phi) is 6.03. The minimum absolute atomic E-state index is 0.227. The van der Waals surface area contributed by atoms with Gasteiger partial charge in [-0.05, 0) is 24.6 Å². The summed E-state index contributed by atoms with van der Waals surface area (Å²) in [5.41, 5.74) is 0.175. The van der Waals surface area contributed by atoms with Gasteiger partial charge in [-0.15, -0.1) is 0 Å². The molecule has 2 rings (SSSR count). The van der Waals surface area contributed by atoms with E-state index in [4.69, 9.17) is 4.74 Å². The molecule has 1 aromatic heterocycles. The summed E-state index contributed by atoms with van der Waals surface area (Å²) in [5.74, 6) is -0.485. The van der Waals surface area contributed by atoms with Gasteiger partial charge in [0.25, 0.3) is 11.8 Å². The number of benzene rings is 1. The number of nitrogens with one attached hydrogen (secondary N) is 2. The molecule has 0 radical (unpaired) electrons. The van der Waals surface area contributed by atoms with Crippen LogP contribution in [0.2, 0.25) is 0 Å². The lowest BCUT2D eigenvalue weighted by molar-refractivity contribution is -0.142. The van der Waals surface area contributed by atoms with Crippen molar-refractivity contribution >= 4 is 11.8 Å². The third-order valence-electron chi connectivity index (χ3n) is 3.79. The molecule has 0 spiro atoms. The molecule has 1 heterocycles. The van der Waals surface area contributed by atoms with Crippen LogP contribution in [-0.4, -0.2) is 37.0 Å². The van der Waals surface area contributed by atoms with Crippen LogP contribution in [0.5, 0.6) is 0 Å². The second-order valence-corrected chi connectivity index (χ2v) is 5.36. The summed E-state index contributed by atoms with van der Waals surface area (Å²) in [6.07, 6.45) is 3.09. The third-order valence-corrected chi connectivity index (χ3v) is 3.79. The number of carbonyl (C=O) groups is 2. The molecular weight excluding hydrogens is 306 g/mol. The van der Waals surface area contributed by atoms with E-state index in [-0.39, 0.29) is 11.8 Å². The number of nitrogens with zero attached hydrogens (tertiary/aromatic N) is 1. The molecule has 6 nitrogen and oxygen atoms in total. The monoisotopic (exact) mass is 327 g/mol. The van der Waals surface area contributed by atoms with Gasteiger partial charge in [-0.3, -0.25) is 14.6 Å². The van der Waals surface area contributed by atoms with Crippen LogP contribution in [0.25, 0.3) is 0 Å². The molecule has 0 saturated heterocycles. The van der Waals surface area contributed by atoms with Gasteiger partial charge in [-0.2, -0.15) is 0 Å². The van der Waals surface area contributed by atoms with Crippen LogP contribution in [0, 0.1) is 0 Å². The molecule has 2 N–H and O–H groups in total. The number of methoxy groups -OCH3 is 1. The SMILES string of the molecule is COC(C)(C(=O)NCCNC(=O)c1cccnc1)c1ccccc1. The van der Waals surface area contributed by atoms with Crippen LogP contribution in [0.4, 0.5) is 0 Å². The Balaban J connectivity index is 1.85. The maximum absolute atomic E-state index is 12.5. The quantitative estimate of drug-likeness (QED) is 0.755. The first-order valence-corrected chi connectivity index (χ1v) is 7.65. The molecule has 1 unspecified atom stereocenters. The van der Waals surface area contributed by atoms with Gasteiger partial charge in [-0.1, -0.05) is 30.3 Å². The summed E-state index contributed by atoms with van der Waals surface area (Å²) in [7, 11) is 1.50. The fourth-order valence-electron chi connectivity index (χ4n) is 2.22. The molecule has 0 aliphatic rings. The lowest BCUT2D eigenvalue weighted by atomic mass is 9.95. The van der Waals surface area contributed by atoms with Gasteiger partial charge in [0.05, 0.1) is 5.56 Å². The Morgan fingerprint density at radius 3 is 2.42 bits per heavy atom. The highest BCUT2D eigenvalue weighted by Crippen LogP contribution is 2.24. The van der Waals surface area contributed by atoms with Gasteiger partial charge in [0, 0.05) is 32.6 Å². The van der Waals surface area contributed by atoms with Crippen LogP contribution in [-0.2, 0) is 15.1 Å². The molecule has 0 bridgehead atoms. The minimum atomic E-state index is -1.07. The fraction of sp³-hybridized carbons (Fsp3) is 0.278. The van der Waals surface area contributed by atoms with Crippen LogP contribution in [0.15, 0.2) is 54.9 Å². The zero-order chi connectivity index (χ0) is 17.4. The maximum atomic E-state index is 12.5. The van der Waals surface area contributed by atoms with Gasteiger partial charge in [0.15, 0.2) is 5.60 Å². The smallest absolute Gasteiger partial charge is 0.256 e. The molecular formula is C18H21N3O3. The van der Waals surface area contributed by atoms with Crippen molar-refractivity contribution in [1.29, 1.82) is 0 Å². The van der Waals surface area contributed by atoms with Crippen molar-refractivity contribution in [2.45, 2.75) is 12.5 Å². The molecule has 6 heteroatoms. The Hall–Kier alpha value is -2.73. The number of hydrogen-bond donors (Lipinski definition) is 2. The van der Waals surface area contributed by atoms with E-state index in [1.807, 2.05) is 30.3 Å². The molecule has 0 saturated carbocycles. The second kappa shape index (κ2) is 8.21. The predicted molar refractivity (Wildman–Crippen MR) is 90.4 cm³/mol. The molecule has 2 amide bonds. The summed E-state index contributed by atoms with van der Waals surface area (Å²) < 4.78 is 5.43. The Labute approximate surface area is 141 Å². The van der Waals surface area contributed by atoms with E-state index < -0.39 is 5.60 Å². The zero-order valence-electron chi connectivity index (χ0n) is 13.8. The molecule has 0 aliphatic heterocycles. The molecule has 0 fully saturated rings. The lowest BCUT2D eigenvalue weighted by Crippen LogP contribution is -2.46. The van der Waals surface area contributed by atoms with Gasteiger partial charge in [-0.25, -0.2) is 0 Å². The first-order valence-electron chi connectivity index (χ1n) is 7.65. The van der Waals surface area contributed by atoms with Crippen LogP contribution in [0.3, 0.4) is 0 Å². The Morgan fingerprint density at radius 1 is 1.08 bits per heavy atom. The fourth-order valence-corrected chi connectivity index (χ4v) is 2.22. The highest BCUT2D eigenvalue weighted by Gasteiger charge is 2.34. The number of rotatable bonds is 7. The van der Waals surface area contributed by atoms with Crippen molar-refractivity contribution < 1.29 is 14.3 Å². The zero-order valence-corrected chi connectivity index (χ0v) is 13.8. The molecule has 2 aromatic rings. The summed E-state index contributed by atoms with van der Waals surface area (Å²) >= 11 is 0. The van der Waals surface area contributed by atoms with E-state index in [0.29, 0.717) is 18.7 Å². The number of amides is 2. The van der Waals surface area contributed by atoms with E-state index in [9.17, 15) is 9.59 Å². The van der Waals surface area contributed by atoms with E-state index in [0.717, 1.165) is 5.56 Å². The lowest BCUT2D eigenvalue weighted by Gasteiger charge is -2.27. The van der Waals surface area contributed by atoms with E-state index >= 15 is 0 Å². The van der Waals surface area contributed by atoms with Gasteiger partial charge < -0.3 is 15.4 Å². The van der Waals surface area contributed by atoms with Gasteiger partial charge in [0.1, 0.15) is 0 Å². The third kappa shape index (κ3) is 4.17. The number of ether oxygens (including phenoxy) is 1. The van der Waals surface area contributed by atoms with E-state index in [1.54, 1.807) is 25.3 Å². The average Bonchev–Trinajstić information content (AvgIpc) is 2.65. The summed E-state index contributed by atoms with van der Waals surface area (Å²) in [5, 5.41) is 5.51. The van der Waals surface area contributed by atoms with E-state index in [2.05, 4.69) is 15.6 Å². The van der Waals surface area contributed by atoms with Crippen molar-refractivity contribution in [3.63, 3.8) is 0 Å². The van der Waals surface area contributed by atoms with Crippen LogP contribution in [0.1, 0.15) is 22.8 Å². The topological polar surface area (TPSA) is 80.3 Å². The number of aromatic nitrogens is 1. The largest absolute Gasteiger partial charge is 0.364 e. The molecule has 24 heavy (non-hydrogen) atoms. The molecule has 126 valence electrons. The molecule has 1 aromatic carbocycles. The van der Waals surface area contributed by atoms with Crippen LogP contribution < -0.4 is 10.6 Å². The number of hydrogen-bond acceptors (Lipinski definition) is 4. The number of carbonyl (C=O) groups excluding carboxylic acids is 2. The van der Waals surface area contributed by atoms with Crippen molar-refractivity contribution in [3.05, 3.63) is 66.0 Å². The standard InChI is InChI=1S/C18H21N3O3/c1-18(24-2,15-8-4-3-5-9-15)17(23)21-12-11-20-16(22)14-7-6-10-19-13-14/h3-10,13H,11-12H2,1-2H3,(H,20,22)(H,21,23). The van der Waals surface area contributed by atoms with Gasteiger partial charge >= 0.3 is 0 Å². The first kappa shape index (κ1) is 17.6. The average molecular weight is 327 g/mol. The Bertz CT molecular complexity index is 676. The first-order chi connectivity index (χ1) is 11.6. The van der Waals surface area contributed by atoms with Gasteiger partial charge in [0.2, 0.25) is 0 Å². The van der Waals surface area contributed by atoms with Crippen molar-refractivity contribution in [1.82, 2.24) is 15.6 Å². The second-order valence-electron chi connectivity index (χ2n) is 5.36. The van der Waals surface area contributed by atoms with Crippen molar-refractivity contribution in [2.24, 2.45) is 0 Å². The minimum Gasteiger partial charge on any atom is -0.364 e. The summed E-state index contributed by atoms with van der Waals surface area (Å²) in [4.78, 5) is 28.2. The molecule has 1 atom stereocenters. The van der Waals surface area contributed by atoms with Crippen LogP contribution >= 0.6 is 0 Å². The highest BCUT2D eigenvalue weighted by molar-refractivity contribution is 5.93. The predicted octanol–water partition coefficient (Wildman–Crippen LogP) is 1.49. The number of pyridine rings is 1. The van der Waals surface area contributed by atoms with Crippen molar-refractivity contribution in [3.8, 4) is 0 Å². The summed E-state index contributed by atoms with van der Waals surface area (Å²) in [6, 6.07) is 12.6.